The van der Waals surface area contributed by atoms with Crippen molar-refractivity contribution in [2.24, 2.45) is 0 Å². The molecule has 35 valence electrons. The average molecular weight is 92.1 g/mol. The first kappa shape index (κ1) is 3.25. The molecule has 0 heteroatoms. The van der Waals surface area contributed by atoms with Gasteiger partial charge in [-0.25, -0.2) is 0 Å². The zero-order valence-electron chi connectivity index (χ0n) is 5.02. The molecule has 0 aliphatic heterocycles. The Morgan fingerprint density at radius 2 is 2.29 bits per heavy atom. The van der Waals surface area contributed by atoms with Crippen molar-refractivity contribution in [2.75, 3.05) is 0 Å². The van der Waals surface area contributed by atoms with Crippen molar-refractivity contribution in [1.82, 2.24) is 0 Å². The van der Waals surface area contributed by atoms with Crippen molar-refractivity contribution < 1.29 is 1.37 Å². The lowest BCUT2D eigenvalue weighted by molar-refractivity contribution is 1.47. The summed E-state index contributed by atoms with van der Waals surface area (Å²) in [6.07, 6.45) is 0. The molecule has 0 amide bonds. The van der Waals surface area contributed by atoms with E-state index in [1.54, 1.807) is 0 Å². The van der Waals surface area contributed by atoms with E-state index >= 15 is 0 Å². The third kappa shape index (κ3) is 1.04. The van der Waals surface area contributed by atoms with Crippen LogP contribution in [-0.2, 0) is 0 Å². The van der Waals surface area contributed by atoms with Gasteiger partial charge in [-0.2, -0.15) is 0 Å². The van der Waals surface area contributed by atoms with E-state index in [9.17, 15) is 0 Å². The molecular formula is C7H7. The van der Waals surface area contributed by atoms with Gasteiger partial charge in [-0.3, -0.25) is 0 Å². The molecule has 1 aromatic rings. The Kier molecular flexibility index (Phi) is 0.828. The highest BCUT2D eigenvalue weighted by Crippen LogP contribution is 1.91. The highest BCUT2D eigenvalue weighted by molar-refractivity contribution is 5.10. The molecule has 0 heterocycles. The van der Waals surface area contributed by atoms with Crippen molar-refractivity contribution in [1.29, 1.82) is 0 Å². The van der Waals surface area contributed by atoms with E-state index in [1.807, 2.05) is 24.3 Å². The molecule has 0 aliphatic carbocycles. The van der Waals surface area contributed by atoms with Gasteiger partial charge < -0.3 is 0 Å². The fourth-order valence-corrected chi connectivity index (χ4v) is 0.421. The van der Waals surface area contributed by atoms with Crippen LogP contribution in [0.4, 0.5) is 0 Å². The van der Waals surface area contributed by atoms with Crippen LogP contribution in [0.5, 0.6) is 0 Å². The van der Waals surface area contributed by atoms with Crippen LogP contribution in [0.1, 0.15) is 6.93 Å². The van der Waals surface area contributed by atoms with Crippen LogP contribution < -0.4 is 0 Å². The monoisotopic (exact) mass is 92.1 g/mol. The minimum Gasteiger partial charge on any atom is -0.0587 e. The van der Waals surface area contributed by atoms with Crippen LogP contribution in [0.15, 0.2) is 24.3 Å². The summed E-state index contributed by atoms with van der Waals surface area (Å²) in [5.41, 5.74) is 1.05. The van der Waals surface area contributed by atoms with E-state index in [2.05, 4.69) is 6.07 Å². The molecule has 0 saturated heterocycles. The second-order valence-electron chi connectivity index (χ2n) is 1.41. The SMILES string of the molecule is [2H]Cc1cc[c]cc1. The fraction of sp³-hybridized carbons (Fsp3) is 0.143. The van der Waals surface area contributed by atoms with Gasteiger partial charge >= 0.3 is 0 Å². The maximum atomic E-state index is 6.93. The number of hydrogen-bond acceptors (Lipinski definition) is 0. The highest BCUT2D eigenvalue weighted by atomic mass is 13.8. The van der Waals surface area contributed by atoms with Gasteiger partial charge in [-0.1, -0.05) is 29.8 Å². The van der Waals surface area contributed by atoms with Gasteiger partial charge in [0.25, 0.3) is 0 Å². The molecule has 1 aromatic carbocycles. The molecule has 0 aromatic heterocycles. The summed E-state index contributed by atoms with van der Waals surface area (Å²) in [5.74, 6) is 0. The Morgan fingerprint density at radius 1 is 1.57 bits per heavy atom. The van der Waals surface area contributed by atoms with Crippen LogP contribution in [-0.4, -0.2) is 0 Å². The fourth-order valence-electron chi connectivity index (χ4n) is 0.421. The van der Waals surface area contributed by atoms with Crippen LogP contribution in [0.25, 0.3) is 0 Å². The Hall–Kier alpha value is -0.780. The zero-order valence-corrected chi connectivity index (χ0v) is 4.02. The van der Waals surface area contributed by atoms with Crippen molar-refractivity contribution in [3.8, 4) is 0 Å². The Bertz CT molecular complexity index is 146. The van der Waals surface area contributed by atoms with Gasteiger partial charge in [0.15, 0.2) is 0 Å². The van der Waals surface area contributed by atoms with Gasteiger partial charge in [-0.15, -0.1) is 0 Å². The van der Waals surface area contributed by atoms with E-state index in [-0.39, 0.29) is 0 Å². The standard InChI is InChI=1S/C7H7/c1-7-5-3-2-4-6-7/h3-6H,1H3/i1D. The normalized spacial score (nSPS) is 10.6. The van der Waals surface area contributed by atoms with Crippen LogP contribution >= 0.6 is 0 Å². The van der Waals surface area contributed by atoms with Crippen molar-refractivity contribution in [2.45, 2.75) is 6.90 Å². The maximum Gasteiger partial charge on any atom is 0.0280 e. The van der Waals surface area contributed by atoms with Gasteiger partial charge in [0.2, 0.25) is 0 Å². The molecule has 0 atom stereocenters. The van der Waals surface area contributed by atoms with Gasteiger partial charge in [-0.05, 0) is 13.0 Å². The van der Waals surface area contributed by atoms with Gasteiger partial charge in [0.1, 0.15) is 0 Å². The minimum atomic E-state index is 0.370. The zero-order chi connectivity index (χ0) is 5.82. The molecule has 0 aliphatic rings. The summed E-state index contributed by atoms with van der Waals surface area (Å²) in [7, 11) is 0. The number of hydrogen-bond donors (Lipinski definition) is 0. The molecule has 0 nitrogen and oxygen atoms in total. The molecule has 0 fully saturated rings. The first-order valence-corrected chi connectivity index (χ1v) is 2.17. The predicted molar refractivity (Wildman–Crippen MR) is 30.0 cm³/mol. The second kappa shape index (κ2) is 1.78. The average Bonchev–Trinajstić information content (AvgIpc) is 1.90. The summed E-state index contributed by atoms with van der Waals surface area (Å²) in [6.45, 7) is 0.370. The summed E-state index contributed by atoms with van der Waals surface area (Å²) >= 11 is 0. The first-order chi connectivity index (χ1) is 3.93. The smallest absolute Gasteiger partial charge is 0.0280 e. The molecule has 0 bridgehead atoms. The molecule has 0 N–H and O–H groups in total. The van der Waals surface area contributed by atoms with Crippen molar-refractivity contribution in [3.05, 3.63) is 35.9 Å². The molecule has 0 spiro atoms. The quantitative estimate of drug-likeness (QED) is 0.457. The van der Waals surface area contributed by atoms with Crippen LogP contribution in [0.2, 0.25) is 0 Å². The predicted octanol–water partition coefficient (Wildman–Crippen LogP) is 1.80. The van der Waals surface area contributed by atoms with E-state index in [1.165, 1.54) is 0 Å². The molecule has 0 unspecified atom stereocenters. The number of benzene rings is 1. The van der Waals surface area contributed by atoms with E-state index < -0.39 is 0 Å². The Balaban J connectivity index is 2.83. The van der Waals surface area contributed by atoms with E-state index in [4.69, 9.17) is 1.37 Å². The lowest BCUT2D eigenvalue weighted by Crippen LogP contribution is -1.63. The van der Waals surface area contributed by atoms with Gasteiger partial charge in [0.05, 0.1) is 0 Å². The molecule has 0 saturated carbocycles. The third-order valence-corrected chi connectivity index (χ3v) is 0.787. The van der Waals surface area contributed by atoms with Crippen molar-refractivity contribution in [3.63, 3.8) is 0 Å². The number of aryl methyl sites for hydroxylation is 1. The van der Waals surface area contributed by atoms with Gasteiger partial charge in [0, 0.05) is 1.37 Å². The lowest BCUT2D eigenvalue weighted by atomic mass is 10.2. The molecule has 1 rings (SSSR count). The Morgan fingerprint density at radius 3 is 2.71 bits per heavy atom. The minimum absolute atomic E-state index is 0.370. The van der Waals surface area contributed by atoms with E-state index in [0.717, 1.165) is 5.56 Å². The molecular weight excluding hydrogens is 84.1 g/mol. The maximum absolute atomic E-state index is 6.93. The summed E-state index contributed by atoms with van der Waals surface area (Å²) < 4.78 is 6.93. The molecule has 7 heavy (non-hydrogen) atoms. The van der Waals surface area contributed by atoms with Crippen molar-refractivity contribution >= 4 is 0 Å². The summed E-state index contributed by atoms with van der Waals surface area (Å²) in [6, 6.07) is 10.3. The molecule has 1 radical (unpaired) electrons. The van der Waals surface area contributed by atoms with E-state index in [0.29, 0.717) is 6.90 Å². The summed E-state index contributed by atoms with van der Waals surface area (Å²) in [5, 5.41) is 0. The first-order valence-electron chi connectivity index (χ1n) is 2.88. The third-order valence-electron chi connectivity index (χ3n) is 0.787. The lowest BCUT2D eigenvalue weighted by Gasteiger charge is -1.82. The highest BCUT2D eigenvalue weighted by Gasteiger charge is 1.72. The van der Waals surface area contributed by atoms with Crippen LogP contribution in [0.3, 0.4) is 0 Å². The second-order valence-corrected chi connectivity index (χ2v) is 1.41. The topological polar surface area (TPSA) is 0 Å². The Labute approximate surface area is 45.2 Å². The summed E-state index contributed by atoms with van der Waals surface area (Å²) in [4.78, 5) is 0. The van der Waals surface area contributed by atoms with Crippen LogP contribution in [0, 0.1) is 13.0 Å². The number of rotatable bonds is 0. The largest absolute Gasteiger partial charge is 0.0587 e.